The molecule has 0 aliphatic carbocycles. The molecule has 3 N–H and O–H groups in total. The van der Waals surface area contributed by atoms with E-state index >= 15 is 0 Å². The summed E-state index contributed by atoms with van der Waals surface area (Å²) >= 11 is 0. The molecule has 1 aliphatic heterocycles. The van der Waals surface area contributed by atoms with Crippen LogP contribution in [0.3, 0.4) is 0 Å². The summed E-state index contributed by atoms with van der Waals surface area (Å²) in [5.41, 5.74) is 3.04. The molecule has 0 aromatic heterocycles. The molecular weight excluding hydrogens is 226 g/mol. The predicted molar refractivity (Wildman–Crippen MR) is 76.0 cm³/mol. The highest BCUT2D eigenvalue weighted by Gasteiger charge is 2.42. The third-order valence-corrected chi connectivity index (χ3v) is 4.34. The average molecular weight is 255 g/mol. The lowest BCUT2D eigenvalue weighted by Crippen LogP contribution is -2.63. The number of hydrazine groups is 1. The van der Waals surface area contributed by atoms with Gasteiger partial charge in [-0.05, 0) is 32.0 Å². The van der Waals surface area contributed by atoms with Crippen LogP contribution in [-0.2, 0) is 4.74 Å². The van der Waals surface area contributed by atoms with Crippen molar-refractivity contribution in [2.24, 2.45) is 5.84 Å². The second-order valence-electron chi connectivity index (χ2n) is 4.83. The summed E-state index contributed by atoms with van der Waals surface area (Å²) in [6.45, 7) is 11.7. The molecule has 0 amide bonds. The molecule has 0 aromatic carbocycles. The van der Waals surface area contributed by atoms with Gasteiger partial charge in [-0.3, -0.25) is 10.7 Å². The Morgan fingerprint density at radius 1 is 1.33 bits per heavy atom. The molecule has 18 heavy (non-hydrogen) atoms. The van der Waals surface area contributed by atoms with Crippen molar-refractivity contribution in [1.82, 2.24) is 10.3 Å². The van der Waals surface area contributed by atoms with Gasteiger partial charge in [0.15, 0.2) is 0 Å². The van der Waals surface area contributed by atoms with Crippen molar-refractivity contribution < 1.29 is 4.74 Å². The van der Waals surface area contributed by atoms with Gasteiger partial charge in [0.2, 0.25) is 0 Å². The lowest BCUT2D eigenvalue weighted by Gasteiger charge is -2.47. The minimum atomic E-state index is 0.0361. The van der Waals surface area contributed by atoms with Crippen molar-refractivity contribution in [2.45, 2.75) is 58.5 Å². The van der Waals surface area contributed by atoms with E-state index in [-0.39, 0.29) is 11.6 Å². The first-order chi connectivity index (χ1) is 8.69. The van der Waals surface area contributed by atoms with Crippen molar-refractivity contribution in [3.8, 4) is 0 Å². The maximum atomic E-state index is 5.84. The molecule has 106 valence electrons. The quantitative estimate of drug-likeness (QED) is 0.515. The molecule has 4 nitrogen and oxygen atoms in total. The summed E-state index contributed by atoms with van der Waals surface area (Å²) in [5.74, 6) is 6.86. The monoisotopic (exact) mass is 255 g/mol. The third-order valence-electron chi connectivity index (χ3n) is 4.34. The molecule has 0 spiro atoms. The lowest BCUT2D eigenvalue weighted by atomic mass is 9.81. The number of hydrogen-bond acceptors (Lipinski definition) is 4. The fraction of sp³-hybridized carbons (Fsp3) is 0.857. The van der Waals surface area contributed by atoms with Crippen molar-refractivity contribution in [1.29, 1.82) is 0 Å². The highest BCUT2D eigenvalue weighted by Crippen LogP contribution is 2.33. The molecule has 0 fully saturated rings. The molecule has 0 radical (unpaired) electrons. The van der Waals surface area contributed by atoms with E-state index in [4.69, 9.17) is 10.6 Å². The molecule has 1 atom stereocenters. The maximum Gasteiger partial charge on any atom is 0.112 e. The molecule has 1 aliphatic rings. The van der Waals surface area contributed by atoms with E-state index in [1.165, 1.54) is 0 Å². The molecular formula is C14H29N3O. The van der Waals surface area contributed by atoms with Crippen LogP contribution in [0.2, 0.25) is 0 Å². The van der Waals surface area contributed by atoms with E-state index in [1.807, 2.05) is 0 Å². The van der Waals surface area contributed by atoms with Crippen molar-refractivity contribution in [2.75, 3.05) is 19.7 Å². The Kier molecular flexibility index (Phi) is 6.12. The first-order valence-electron chi connectivity index (χ1n) is 7.24. The number of nitrogens with zero attached hydrogens (tertiary/aromatic N) is 1. The van der Waals surface area contributed by atoms with Crippen LogP contribution in [0.1, 0.15) is 47.0 Å². The number of nitrogens with two attached hydrogens (primary N) is 1. The molecule has 0 saturated carbocycles. The summed E-state index contributed by atoms with van der Waals surface area (Å²) in [7, 11) is 0. The van der Waals surface area contributed by atoms with Crippen molar-refractivity contribution in [3.05, 3.63) is 11.8 Å². The Balaban J connectivity index is 3.06. The number of likely N-dealkylation sites (N-methyl/N-ethyl adjacent to an activating group) is 1. The standard InChI is InChI=1S/C14H29N3O/c1-5-14(6-2,17(7-3)8-4)13(16-15)12-10-9-11-18-12/h10,13,16H,5-9,11,15H2,1-4H3. The summed E-state index contributed by atoms with van der Waals surface area (Å²) in [4.78, 5) is 2.50. The van der Waals surface area contributed by atoms with E-state index < -0.39 is 0 Å². The topological polar surface area (TPSA) is 50.5 Å². The van der Waals surface area contributed by atoms with E-state index in [1.54, 1.807) is 0 Å². The largest absolute Gasteiger partial charge is 0.496 e. The van der Waals surface area contributed by atoms with Gasteiger partial charge in [-0.15, -0.1) is 0 Å². The van der Waals surface area contributed by atoms with Crippen LogP contribution in [0, 0.1) is 0 Å². The minimum Gasteiger partial charge on any atom is -0.496 e. The maximum absolute atomic E-state index is 5.84. The van der Waals surface area contributed by atoms with Crippen LogP contribution in [0.5, 0.6) is 0 Å². The first-order valence-corrected chi connectivity index (χ1v) is 7.24. The highest BCUT2D eigenvalue weighted by molar-refractivity contribution is 5.16. The second-order valence-corrected chi connectivity index (χ2v) is 4.83. The van der Waals surface area contributed by atoms with Crippen LogP contribution in [0.25, 0.3) is 0 Å². The third kappa shape index (κ3) is 2.71. The lowest BCUT2D eigenvalue weighted by molar-refractivity contribution is 0.0400. The Hall–Kier alpha value is -0.580. The van der Waals surface area contributed by atoms with Gasteiger partial charge >= 0.3 is 0 Å². The minimum absolute atomic E-state index is 0.0361. The van der Waals surface area contributed by atoms with Gasteiger partial charge < -0.3 is 4.74 Å². The first kappa shape index (κ1) is 15.5. The van der Waals surface area contributed by atoms with Gasteiger partial charge in [0, 0.05) is 12.0 Å². The van der Waals surface area contributed by atoms with Gasteiger partial charge in [-0.25, -0.2) is 5.43 Å². The number of hydrogen-bond donors (Lipinski definition) is 2. The van der Waals surface area contributed by atoms with Crippen molar-refractivity contribution in [3.63, 3.8) is 0 Å². The number of rotatable bonds is 8. The van der Waals surface area contributed by atoms with Crippen LogP contribution in [0.15, 0.2) is 11.8 Å². The SMILES string of the molecule is CCN(CC)C(CC)(CC)C(NN)C1=CCCO1. The smallest absolute Gasteiger partial charge is 0.112 e. The zero-order chi connectivity index (χ0) is 13.6. The Labute approximate surface area is 112 Å². The molecule has 0 saturated heterocycles. The van der Waals surface area contributed by atoms with E-state index in [0.29, 0.717) is 0 Å². The van der Waals surface area contributed by atoms with Gasteiger partial charge in [0.1, 0.15) is 5.76 Å². The van der Waals surface area contributed by atoms with Gasteiger partial charge in [-0.1, -0.05) is 27.7 Å². The van der Waals surface area contributed by atoms with Gasteiger partial charge in [0.25, 0.3) is 0 Å². The van der Waals surface area contributed by atoms with E-state index in [9.17, 15) is 0 Å². The summed E-state index contributed by atoms with van der Waals surface area (Å²) in [5, 5.41) is 0. The molecule has 0 bridgehead atoms. The van der Waals surface area contributed by atoms with Crippen LogP contribution in [-0.4, -0.2) is 36.2 Å². The summed E-state index contributed by atoms with van der Waals surface area (Å²) in [6.07, 6.45) is 5.28. The Bertz CT molecular complexity index is 270. The molecule has 1 heterocycles. The zero-order valence-corrected chi connectivity index (χ0v) is 12.3. The fourth-order valence-corrected chi connectivity index (χ4v) is 3.28. The summed E-state index contributed by atoms with van der Waals surface area (Å²) in [6, 6.07) is 0.0786. The second kappa shape index (κ2) is 7.12. The zero-order valence-electron chi connectivity index (χ0n) is 12.3. The van der Waals surface area contributed by atoms with E-state index in [2.05, 4.69) is 44.1 Å². The molecule has 0 aromatic rings. The van der Waals surface area contributed by atoms with Crippen LogP contribution in [0.4, 0.5) is 0 Å². The Morgan fingerprint density at radius 2 is 1.94 bits per heavy atom. The van der Waals surface area contributed by atoms with Gasteiger partial charge in [0.05, 0.1) is 12.6 Å². The average Bonchev–Trinajstić information content (AvgIpc) is 2.92. The van der Waals surface area contributed by atoms with Crippen molar-refractivity contribution >= 4 is 0 Å². The highest BCUT2D eigenvalue weighted by atomic mass is 16.5. The predicted octanol–water partition coefficient (Wildman–Crippen LogP) is 2.02. The normalized spacial score (nSPS) is 17.8. The fourth-order valence-electron chi connectivity index (χ4n) is 3.28. The van der Waals surface area contributed by atoms with Crippen LogP contribution >= 0.6 is 0 Å². The molecule has 1 rings (SSSR count). The van der Waals surface area contributed by atoms with Gasteiger partial charge in [-0.2, -0.15) is 0 Å². The Morgan fingerprint density at radius 3 is 2.28 bits per heavy atom. The number of nitrogens with one attached hydrogen (secondary N) is 1. The van der Waals surface area contributed by atoms with E-state index in [0.717, 1.165) is 44.7 Å². The molecule has 4 heteroatoms. The number of ether oxygens (including phenoxy) is 1. The molecule has 1 unspecified atom stereocenters. The summed E-state index contributed by atoms with van der Waals surface area (Å²) < 4.78 is 5.75. The van der Waals surface area contributed by atoms with Crippen LogP contribution < -0.4 is 11.3 Å².